The highest BCUT2D eigenvalue weighted by Crippen LogP contribution is 2.25. The lowest BCUT2D eigenvalue weighted by Crippen LogP contribution is -2.57. The SMILES string of the molecule is CC(N1CCN(C(=NCC2CCCCO2)NCCc2ccco2)CC1)C(F)(F)F.I. The molecule has 3 rings (SSSR count). The highest BCUT2D eigenvalue weighted by molar-refractivity contribution is 14.0. The van der Waals surface area contributed by atoms with Gasteiger partial charge in [-0.25, -0.2) is 0 Å². The Balaban J connectivity index is 0.00000320. The van der Waals surface area contributed by atoms with Crippen LogP contribution >= 0.6 is 24.0 Å². The molecule has 1 N–H and O–H groups in total. The van der Waals surface area contributed by atoms with Crippen LogP contribution in [0.1, 0.15) is 31.9 Å². The first kappa shape index (κ1) is 25.3. The fraction of sp³-hybridized carbons (Fsp3) is 0.750. The van der Waals surface area contributed by atoms with E-state index in [1.165, 1.54) is 11.8 Å². The summed E-state index contributed by atoms with van der Waals surface area (Å²) in [6, 6.07) is 2.35. The Morgan fingerprint density at radius 2 is 2.03 bits per heavy atom. The van der Waals surface area contributed by atoms with E-state index in [1.807, 2.05) is 17.0 Å². The minimum absolute atomic E-state index is 0. The average molecular weight is 544 g/mol. The van der Waals surface area contributed by atoms with Crippen LogP contribution < -0.4 is 5.32 Å². The van der Waals surface area contributed by atoms with Gasteiger partial charge < -0.3 is 19.4 Å². The highest BCUT2D eigenvalue weighted by Gasteiger charge is 2.41. The molecular formula is C20H32F3IN4O2. The predicted octanol–water partition coefficient (Wildman–Crippen LogP) is 3.52. The minimum atomic E-state index is -4.20. The molecule has 2 unspecified atom stereocenters. The Morgan fingerprint density at radius 3 is 2.63 bits per heavy atom. The number of halogens is 4. The van der Waals surface area contributed by atoms with Crippen LogP contribution in [-0.2, 0) is 11.2 Å². The van der Waals surface area contributed by atoms with Gasteiger partial charge in [0.2, 0.25) is 0 Å². The maximum atomic E-state index is 13.0. The predicted molar refractivity (Wildman–Crippen MR) is 120 cm³/mol. The van der Waals surface area contributed by atoms with Crippen molar-refractivity contribution >= 4 is 29.9 Å². The van der Waals surface area contributed by atoms with Crippen LogP contribution in [0, 0.1) is 0 Å². The first-order valence-electron chi connectivity index (χ1n) is 10.4. The van der Waals surface area contributed by atoms with Crippen molar-refractivity contribution in [2.75, 3.05) is 45.9 Å². The van der Waals surface area contributed by atoms with Gasteiger partial charge in [-0.15, -0.1) is 24.0 Å². The molecule has 2 aliphatic rings. The summed E-state index contributed by atoms with van der Waals surface area (Å²) in [7, 11) is 0. The quantitative estimate of drug-likeness (QED) is 0.338. The maximum Gasteiger partial charge on any atom is 0.403 e. The Kier molecular flexibility index (Phi) is 10.2. The van der Waals surface area contributed by atoms with E-state index in [0.717, 1.165) is 44.0 Å². The Hall–Kier alpha value is -1.01. The number of hydrogen-bond donors (Lipinski definition) is 1. The fourth-order valence-electron chi connectivity index (χ4n) is 3.69. The lowest BCUT2D eigenvalue weighted by molar-refractivity contribution is -0.181. The molecule has 10 heteroatoms. The summed E-state index contributed by atoms with van der Waals surface area (Å²) in [6.45, 7) is 4.97. The van der Waals surface area contributed by atoms with E-state index in [1.54, 1.807) is 6.26 Å². The fourth-order valence-corrected chi connectivity index (χ4v) is 3.69. The minimum Gasteiger partial charge on any atom is -0.469 e. The molecule has 2 aliphatic heterocycles. The maximum absolute atomic E-state index is 13.0. The van der Waals surface area contributed by atoms with Crippen molar-refractivity contribution in [1.29, 1.82) is 0 Å². The standard InChI is InChI=1S/C20H31F3N4O2.HI/c1-16(20(21,22)23)26-9-11-27(12-10-26)19(24-8-7-17-6-4-14-28-17)25-15-18-5-2-3-13-29-18;/h4,6,14,16,18H,2-3,5,7-13,15H2,1H3,(H,24,25);1H. The van der Waals surface area contributed by atoms with E-state index in [-0.39, 0.29) is 30.1 Å². The van der Waals surface area contributed by atoms with Crippen LogP contribution in [0.2, 0.25) is 0 Å². The molecule has 0 bridgehead atoms. The van der Waals surface area contributed by atoms with Gasteiger partial charge in [-0.3, -0.25) is 9.89 Å². The van der Waals surface area contributed by atoms with E-state index >= 15 is 0 Å². The molecule has 1 aromatic heterocycles. The molecule has 2 saturated heterocycles. The smallest absolute Gasteiger partial charge is 0.403 e. The lowest BCUT2D eigenvalue weighted by Gasteiger charge is -2.39. The Labute approximate surface area is 193 Å². The van der Waals surface area contributed by atoms with Crippen molar-refractivity contribution < 1.29 is 22.3 Å². The lowest BCUT2D eigenvalue weighted by atomic mass is 10.1. The molecule has 6 nitrogen and oxygen atoms in total. The monoisotopic (exact) mass is 544 g/mol. The summed E-state index contributed by atoms with van der Waals surface area (Å²) in [5.41, 5.74) is 0. The second-order valence-electron chi connectivity index (χ2n) is 7.65. The van der Waals surface area contributed by atoms with Crippen LogP contribution in [0.15, 0.2) is 27.8 Å². The summed E-state index contributed by atoms with van der Waals surface area (Å²) in [6.07, 6.45) is 1.53. The van der Waals surface area contributed by atoms with Crippen molar-refractivity contribution in [3.63, 3.8) is 0 Å². The molecular weight excluding hydrogens is 512 g/mol. The van der Waals surface area contributed by atoms with Crippen LogP contribution in [0.4, 0.5) is 13.2 Å². The van der Waals surface area contributed by atoms with E-state index in [9.17, 15) is 13.2 Å². The first-order valence-corrected chi connectivity index (χ1v) is 10.4. The number of nitrogens with zero attached hydrogens (tertiary/aromatic N) is 3. The van der Waals surface area contributed by atoms with Gasteiger partial charge in [0.05, 0.1) is 18.9 Å². The van der Waals surface area contributed by atoms with Gasteiger partial charge in [0.1, 0.15) is 11.8 Å². The first-order chi connectivity index (χ1) is 13.9. The molecule has 0 radical (unpaired) electrons. The molecule has 1 aromatic rings. The Bertz CT molecular complexity index is 628. The van der Waals surface area contributed by atoms with Crippen LogP contribution in [-0.4, -0.2) is 80.0 Å². The molecule has 172 valence electrons. The van der Waals surface area contributed by atoms with Crippen molar-refractivity contribution in [3.05, 3.63) is 24.2 Å². The average Bonchev–Trinajstić information content (AvgIpc) is 3.24. The number of hydrogen-bond acceptors (Lipinski definition) is 4. The molecule has 0 aromatic carbocycles. The summed E-state index contributed by atoms with van der Waals surface area (Å²) in [5.74, 6) is 1.63. The van der Waals surface area contributed by atoms with Gasteiger partial charge in [0.15, 0.2) is 5.96 Å². The van der Waals surface area contributed by atoms with Gasteiger partial charge >= 0.3 is 6.18 Å². The van der Waals surface area contributed by atoms with E-state index in [4.69, 9.17) is 14.1 Å². The molecule has 0 spiro atoms. The van der Waals surface area contributed by atoms with E-state index < -0.39 is 12.2 Å². The molecule has 0 amide bonds. The van der Waals surface area contributed by atoms with Gasteiger partial charge in [0, 0.05) is 45.8 Å². The summed E-state index contributed by atoms with van der Waals surface area (Å²) in [4.78, 5) is 8.28. The largest absolute Gasteiger partial charge is 0.469 e. The van der Waals surface area contributed by atoms with Crippen molar-refractivity contribution in [2.24, 2.45) is 4.99 Å². The van der Waals surface area contributed by atoms with Crippen LogP contribution in [0.3, 0.4) is 0 Å². The van der Waals surface area contributed by atoms with Gasteiger partial charge in [-0.1, -0.05) is 0 Å². The topological polar surface area (TPSA) is 53.2 Å². The van der Waals surface area contributed by atoms with Crippen molar-refractivity contribution in [2.45, 2.75) is 50.9 Å². The number of piperazine rings is 1. The zero-order valence-corrected chi connectivity index (χ0v) is 19.7. The van der Waals surface area contributed by atoms with Gasteiger partial charge in [-0.05, 0) is 38.3 Å². The third kappa shape index (κ3) is 7.60. The van der Waals surface area contributed by atoms with Crippen molar-refractivity contribution in [3.8, 4) is 0 Å². The molecule has 0 saturated carbocycles. The number of furan rings is 1. The zero-order valence-electron chi connectivity index (χ0n) is 17.4. The molecule has 30 heavy (non-hydrogen) atoms. The highest BCUT2D eigenvalue weighted by atomic mass is 127. The zero-order chi connectivity index (χ0) is 20.7. The third-order valence-electron chi connectivity index (χ3n) is 5.59. The van der Waals surface area contributed by atoms with Crippen LogP contribution in [0.25, 0.3) is 0 Å². The molecule has 2 atom stereocenters. The number of ether oxygens (including phenoxy) is 1. The molecule has 0 aliphatic carbocycles. The number of nitrogens with one attached hydrogen (secondary N) is 1. The van der Waals surface area contributed by atoms with Gasteiger partial charge in [0.25, 0.3) is 0 Å². The number of guanidine groups is 1. The summed E-state index contributed by atoms with van der Waals surface area (Å²) >= 11 is 0. The molecule has 2 fully saturated rings. The summed E-state index contributed by atoms with van der Waals surface area (Å²) < 4.78 is 50.1. The van der Waals surface area contributed by atoms with Gasteiger partial charge in [-0.2, -0.15) is 13.2 Å². The number of rotatable bonds is 6. The van der Waals surface area contributed by atoms with Crippen molar-refractivity contribution in [1.82, 2.24) is 15.1 Å². The van der Waals surface area contributed by atoms with E-state index in [2.05, 4.69) is 5.32 Å². The third-order valence-corrected chi connectivity index (χ3v) is 5.59. The number of aliphatic imine (C=N–C) groups is 1. The summed E-state index contributed by atoms with van der Waals surface area (Å²) in [5, 5.41) is 3.36. The Morgan fingerprint density at radius 1 is 1.27 bits per heavy atom. The normalized spacial score (nSPS) is 22.5. The van der Waals surface area contributed by atoms with Crippen LogP contribution in [0.5, 0.6) is 0 Å². The second-order valence-corrected chi connectivity index (χ2v) is 7.65. The van der Waals surface area contributed by atoms with E-state index in [0.29, 0.717) is 39.3 Å². The number of alkyl halides is 3. The molecule has 3 heterocycles. The second kappa shape index (κ2) is 12.1.